The van der Waals surface area contributed by atoms with E-state index in [1.54, 1.807) is 7.05 Å². The summed E-state index contributed by atoms with van der Waals surface area (Å²) in [6, 6.07) is 24.0. The lowest BCUT2D eigenvalue weighted by Gasteiger charge is -2.05. The van der Waals surface area contributed by atoms with Crippen LogP contribution in [0.2, 0.25) is 0 Å². The molecule has 0 radical (unpaired) electrons. The van der Waals surface area contributed by atoms with Gasteiger partial charge in [-0.25, -0.2) is 0 Å². The van der Waals surface area contributed by atoms with Crippen LogP contribution >= 0.6 is 0 Å². The van der Waals surface area contributed by atoms with Crippen molar-refractivity contribution in [2.24, 2.45) is 7.05 Å². The molecule has 0 saturated heterocycles. The normalized spacial score (nSPS) is 10.0. The van der Waals surface area contributed by atoms with Crippen LogP contribution in [-0.4, -0.2) is 28.0 Å². The van der Waals surface area contributed by atoms with E-state index in [9.17, 15) is 15.2 Å². The summed E-state index contributed by atoms with van der Waals surface area (Å²) in [6.45, 7) is 5.47. The smallest absolute Gasteiger partial charge is 0.302 e. The first kappa shape index (κ1) is 27.8. The molecular formula is C24H32N6O4. The second-order valence-corrected chi connectivity index (χ2v) is 6.50. The minimum atomic E-state index is 0.00463. The number of carbonyl (C=O) groups excluding carboxylic acids is 1. The van der Waals surface area contributed by atoms with Crippen molar-refractivity contribution in [1.29, 1.82) is 0 Å². The van der Waals surface area contributed by atoms with Crippen LogP contribution in [-0.2, 0) is 24.7 Å². The maximum Gasteiger partial charge on any atom is 0.302 e. The summed E-state index contributed by atoms with van der Waals surface area (Å²) < 4.78 is 4.47. The fourth-order valence-electron chi connectivity index (χ4n) is 2.57. The zero-order valence-corrected chi connectivity index (χ0v) is 20.2. The average Bonchev–Trinajstić information content (AvgIpc) is 3.42. The quantitative estimate of drug-likeness (QED) is 0.312. The molecule has 1 amide bonds. The Labute approximate surface area is 199 Å². The Morgan fingerprint density at radius 3 is 1.65 bits per heavy atom. The predicted octanol–water partition coefficient (Wildman–Crippen LogP) is 2.59. The molecule has 2 aromatic heterocycles. The van der Waals surface area contributed by atoms with E-state index in [2.05, 4.69) is 20.2 Å². The van der Waals surface area contributed by atoms with Crippen LogP contribution in [0, 0.1) is 10.4 Å². The summed E-state index contributed by atoms with van der Waals surface area (Å²) >= 11 is 0. The monoisotopic (exact) mass is 468 g/mol. The van der Waals surface area contributed by atoms with Gasteiger partial charge in [0.1, 0.15) is 0 Å². The summed E-state index contributed by atoms with van der Waals surface area (Å²) in [6.07, 6.45) is 0.923. The lowest BCUT2D eigenvalue weighted by atomic mass is 10.0. The predicted molar refractivity (Wildman–Crippen MR) is 128 cm³/mol. The highest BCUT2D eigenvalue weighted by molar-refractivity contribution is 5.72. The number of nitrogens with zero attached hydrogens (tertiary/aromatic N) is 5. The van der Waals surface area contributed by atoms with Crippen molar-refractivity contribution in [3.8, 4) is 11.4 Å². The van der Waals surface area contributed by atoms with Crippen LogP contribution < -0.4 is 15.1 Å². The van der Waals surface area contributed by atoms with Crippen LogP contribution in [0.25, 0.3) is 11.4 Å². The number of hydrogen-bond acceptors (Lipinski definition) is 6. The number of hydrogen-bond donors (Lipinski definition) is 1. The molecule has 0 aliphatic heterocycles. The van der Waals surface area contributed by atoms with Crippen LogP contribution in [0.15, 0.2) is 77.4 Å². The SMILES string of the molecule is CC.CNC(C)=O.Cn1nc2c([n+]1[O-])CCc1c-2no[n+]1[O-].c1ccccc1.c1ccccc1. The number of carbonyl (C=O) groups is 1. The Bertz CT molecular complexity index is 997. The zero-order valence-electron chi connectivity index (χ0n) is 20.2. The van der Waals surface area contributed by atoms with Crippen molar-refractivity contribution >= 4 is 5.91 Å². The fourth-order valence-corrected chi connectivity index (χ4v) is 2.57. The number of rotatable bonds is 0. The third-order valence-corrected chi connectivity index (χ3v) is 4.22. The Morgan fingerprint density at radius 2 is 1.26 bits per heavy atom. The van der Waals surface area contributed by atoms with Crippen LogP contribution in [0.5, 0.6) is 0 Å². The average molecular weight is 469 g/mol. The van der Waals surface area contributed by atoms with Crippen LogP contribution in [0.3, 0.4) is 0 Å². The van der Waals surface area contributed by atoms with E-state index in [0.29, 0.717) is 45.4 Å². The summed E-state index contributed by atoms with van der Waals surface area (Å²) in [7, 11) is 3.14. The lowest BCUT2D eigenvalue weighted by molar-refractivity contribution is -0.808. The van der Waals surface area contributed by atoms with E-state index in [1.807, 2.05) is 86.6 Å². The van der Waals surface area contributed by atoms with E-state index in [1.165, 1.54) is 18.8 Å². The van der Waals surface area contributed by atoms with Gasteiger partial charge in [0.15, 0.2) is 5.69 Å². The molecule has 2 aromatic carbocycles. The maximum absolute atomic E-state index is 11.5. The minimum Gasteiger partial charge on any atom is -0.692 e. The van der Waals surface area contributed by atoms with Crippen molar-refractivity contribution in [3.63, 3.8) is 0 Å². The minimum absolute atomic E-state index is 0.00463. The number of nitrogens with one attached hydrogen (secondary N) is 1. The third-order valence-electron chi connectivity index (χ3n) is 4.22. The standard InChI is InChI=1S/C7H7N5O3.2C6H6.C3H7NO.C2H6/c1-10-8-6-4(11(10)13)2-3-5-7(6)9-15-12(5)14;2*1-2-4-6-5-3-1;1-3(5)4-2;1-2/h2-3H2,1H3;2*1-6H;1-2H3,(H,4,5);1-2H3. The number of amides is 1. The summed E-state index contributed by atoms with van der Waals surface area (Å²) in [5, 5.41) is 32.6. The van der Waals surface area contributed by atoms with Crippen molar-refractivity contribution in [2.45, 2.75) is 33.6 Å². The number of fused-ring (bicyclic) bond motifs is 3. The molecule has 10 heteroatoms. The van der Waals surface area contributed by atoms with Gasteiger partial charge in [-0.15, -0.1) is 0 Å². The first-order chi connectivity index (χ1) is 16.5. The molecular weight excluding hydrogens is 436 g/mol. The van der Waals surface area contributed by atoms with E-state index in [4.69, 9.17) is 0 Å². The molecule has 1 N–H and O–H groups in total. The van der Waals surface area contributed by atoms with Gasteiger partial charge < -0.3 is 15.7 Å². The molecule has 34 heavy (non-hydrogen) atoms. The van der Waals surface area contributed by atoms with Gasteiger partial charge in [-0.3, -0.25) is 9.42 Å². The van der Waals surface area contributed by atoms with Gasteiger partial charge in [-0.2, -0.15) is 4.85 Å². The number of aryl methyl sites for hydroxylation is 1. The van der Waals surface area contributed by atoms with Gasteiger partial charge in [0.05, 0.1) is 17.3 Å². The maximum atomic E-state index is 11.5. The highest BCUT2D eigenvalue weighted by Crippen LogP contribution is 2.25. The fraction of sp³-hybridized carbons (Fsp3) is 0.292. The van der Waals surface area contributed by atoms with Gasteiger partial charge in [0.2, 0.25) is 11.6 Å². The number of aromatic nitrogens is 5. The van der Waals surface area contributed by atoms with E-state index in [-0.39, 0.29) is 5.91 Å². The van der Waals surface area contributed by atoms with Crippen LogP contribution in [0.1, 0.15) is 32.2 Å². The Hall–Kier alpha value is -4.21. The topological polar surface area (TPSA) is 127 Å². The first-order valence-corrected chi connectivity index (χ1v) is 10.9. The molecule has 0 atom stereocenters. The van der Waals surface area contributed by atoms with Crippen molar-refractivity contribution in [2.75, 3.05) is 7.05 Å². The van der Waals surface area contributed by atoms with E-state index < -0.39 is 0 Å². The molecule has 1 aliphatic rings. The van der Waals surface area contributed by atoms with Crippen molar-refractivity contribution < 1.29 is 19.2 Å². The second-order valence-electron chi connectivity index (χ2n) is 6.50. The van der Waals surface area contributed by atoms with E-state index >= 15 is 0 Å². The van der Waals surface area contributed by atoms with E-state index in [0.717, 1.165) is 0 Å². The van der Waals surface area contributed by atoms with Crippen LogP contribution in [0.4, 0.5) is 0 Å². The first-order valence-electron chi connectivity index (χ1n) is 10.9. The molecule has 5 rings (SSSR count). The molecule has 0 fully saturated rings. The number of benzene rings is 2. The van der Waals surface area contributed by atoms with Gasteiger partial charge in [-0.1, -0.05) is 86.6 Å². The Kier molecular flexibility index (Phi) is 12.7. The zero-order chi connectivity index (χ0) is 25.3. The molecule has 0 saturated carbocycles. The molecule has 2 heterocycles. The highest BCUT2D eigenvalue weighted by atomic mass is 16.8. The molecule has 1 aliphatic carbocycles. The molecule has 0 bridgehead atoms. The second kappa shape index (κ2) is 15.6. The summed E-state index contributed by atoms with van der Waals surface area (Å²) in [5.74, 6) is 0.00463. The Balaban J connectivity index is 0.000000254. The highest BCUT2D eigenvalue weighted by Gasteiger charge is 2.37. The third kappa shape index (κ3) is 8.73. The lowest BCUT2D eigenvalue weighted by Crippen LogP contribution is -2.40. The summed E-state index contributed by atoms with van der Waals surface area (Å²) in [4.78, 5) is 11.9. The van der Waals surface area contributed by atoms with Gasteiger partial charge in [0.25, 0.3) is 0 Å². The van der Waals surface area contributed by atoms with Crippen molar-refractivity contribution in [1.82, 2.24) is 20.4 Å². The molecule has 0 spiro atoms. The van der Waals surface area contributed by atoms with Gasteiger partial charge in [0, 0.05) is 26.8 Å². The molecule has 4 aromatic rings. The Morgan fingerprint density at radius 1 is 0.882 bits per heavy atom. The molecule has 0 unspecified atom stereocenters. The van der Waals surface area contributed by atoms with Gasteiger partial charge in [-0.05, 0) is 9.70 Å². The summed E-state index contributed by atoms with van der Waals surface area (Å²) in [5.41, 5.74) is 1.77. The largest absolute Gasteiger partial charge is 0.692 e. The molecule has 182 valence electrons. The molecule has 10 nitrogen and oxygen atoms in total. The van der Waals surface area contributed by atoms with Gasteiger partial charge >= 0.3 is 11.4 Å². The van der Waals surface area contributed by atoms with Crippen molar-refractivity contribution in [3.05, 3.63) is 94.6 Å².